The minimum atomic E-state index is 0. The molecule has 0 saturated carbocycles. The summed E-state index contributed by atoms with van der Waals surface area (Å²) in [5.41, 5.74) is 18.5. The van der Waals surface area contributed by atoms with E-state index >= 15 is 0 Å². The summed E-state index contributed by atoms with van der Waals surface area (Å²) in [5.74, 6) is 0.824. The molecule has 5 rings (SSSR count). The summed E-state index contributed by atoms with van der Waals surface area (Å²) < 4.78 is 0. The maximum absolute atomic E-state index is 5.39. The van der Waals surface area contributed by atoms with Gasteiger partial charge in [-0.2, -0.15) is 13.5 Å². The lowest BCUT2D eigenvalue weighted by Crippen LogP contribution is -1.91. The van der Waals surface area contributed by atoms with Crippen molar-refractivity contribution >= 4 is 35.9 Å². The summed E-state index contributed by atoms with van der Waals surface area (Å²) in [6.45, 7) is 6.11. The second-order valence-corrected chi connectivity index (χ2v) is 7.42. The van der Waals surface area contributed by atoms with Gasteiger partial charge in [-0.25, -0.2) is 4.98 Å². The zero-order valence-electron chi connectivity index (χ0n) is 19.1. The van der Waals surface area contributed by atoms with Gasteiger partial charge in [0, 0.05) is 18.1 Å². The van der Waals surface area contributed by atoms with Crippen LogP contribution in [0.15, 0.2) is 85.2 Å². The SMILES string of the molecule is Cc1ccnc(-c2nc3ccccc3[nH]2)c1.Cc1ccnc(C)c1.Nc1ccccc1N.S. The fraction of sp³-hybridized carbons (Fsp3) is 0.115. The van der Waals surface area contributed by atoms with Gasteiger partial charge in [0.25, 0.3) is 0 Å². The molecule has 5 aromatic rings. The Morgan fingerprint density at radius 2 is 1.27 bits per heavy atom. The standard InChI is InChI=1S/C13H11N3.C7H9N.C6H8N2.H2S/c1-9-6-7-14-12(8-9)13-15-10-4-2-3-5-11(10)16-13;1-6-3-4-8-7(2)5-6;7-5-3-1-2-4-6(5)8;/h2-8H,1H3,(H,15,16);3-5H,1-2H3;1-4H,7-8H2;1H2. The largest absolute Gasteiger partial charge is 0.397 e. The van der Waals surface area contributed by atoms with E-state index in [1.54, 1.807) is 18.3 Å². The van der Waals surface area contributed by atoms with Crippen LogP contribution in [0.4, 0.5) is 11.4 Å². The van der Waals surface area contributed by atoms with Crippen molar-refractivity contribution in [1.29, 1.82) is 0 Å². The molecule has 0 fully saturated rings. The Hall–Kier alpha value is -3.84. The number of para-hydroxylation sites is 4. The third-order valence-electron chi connectivity index (χ3n) is 4.60. The van der Waals surface area contributed by atoms with Crippen molar-refractivity contribution < 1.29 is 0 Å². The first kappa shape index (κ1) is 25.4. The highest BCUT2D eigenvalue weighted by atomic mass is 32.1. The Kier molecular flexibility index (Phi) is 9.45. The summed E-state index contributed by atoms with van der Waals surface area (Å²) >= 11 is 0. The molecule has 0 unspecified atom stereocenters. The number of aromatic amines is 1. The number of anilines is 2. The van der Waals surface area contributed by atoms with Crippen LogP contribution in [0.5, 0.6) is 0 Å². The number of fused-ring (bicyclic) bond motifs is 1. The van der Waals surface area contributed by atoms with E-state index < -0.39 is 0 Å². The molecule has 0 bridgehead atoms. The maximum atomic E-state index is 5.39. The van der Waals surface area contributed by atoms with Gasteiger partial charge in [0.2, 0.25) is 0 Å². The van der Waals surface area contributed by atoms with Crippen LogP contribution in [-0.2, 0) is 0 Å². The number of nitrogens with two attached hydrogens (primary N) is 2. The molecule has 2 aromatic carbocycles. The number of rotatable bonds is 1. The van der Waals surface area contributed by atoms with Gasteiger partial charge in [-0.1, -0.05) is 24.3 Å². The number of H-pyrrole nitrogens is 1. The van der Waals surface area contributed by atoms with Gasteiger partial charge < -0.3 is 16.5 Å². The molecule has 0 saturated heterocycles. The van der Waals surface area contributed by atoms with Crippen LogP contribution in [0.1, 0.15) is 16.8 Å². The van der Waals surface area contributed by atoms with Gasteiger partial charge in [-0.3, -0.25) is 9.97 Å². The molecule has 7 heteroatoms. The average molecular weight is 459 g/mol. The Labute approximate surface area is 201 Å². The zero-order valence-corrected chi connectivity index (χ0v) is 20.1. The van der Waals surface area contributed by atoms with E-state index in [-0.39, 0.29) is 13.5 Å². The lowest BCUT2D eigenvalue weighted by molar-refractivity contribution is 1.18. The number of aryl methyl sites for hydroxylation is 3. The summed E-state index contributed by atoms with van der Waals surface area (Å²) in [6, 6.07) is 23.3. The van der Waals surface area contributed by atoms with Crippen LogP contribution < -0.4 is 11.5 Å². The Morgan fingerprint density at radius 1 is 0.697 bits per heavy atom. The van der Waals surface area contributed by atoms with Gasteiger partial charge in [-0.15, -0.1) is 0 Å². The summed E-state index contributed by atoms with van der Waals surface area (Å²) in [4.78, 5) is 16.1. The third-order valence-corrected chi connectivity index (χ3v) is 4.60. The first-order valence-electron chi connectivity index (χ1n) is 10.3. The van der Waals surface area contributed by atoms with E-state index in [0.717, 1.165) is 28.2 Å². The van der Waals surface area contributed by atoms with Crippen molar-refractivity contribution in [3.8, 4) is 11.5 Å². The van der Waals surface area contributed by atoms with E-state index in [0.29, 0.717) is 11.4 Å². The molecule has 0 atom stereocenters. The number of hydrogen-bond acceptors (Lipinski definition) is 5. The molecule has 5 N–H and O–H groups in total. The number of nitrogens with zero attached hydrogens (tertiary/aromatic N) is 3. The van der Waals surface area contributed by atoms with Gasteiger partial charge in [0.15, 0.2) is 5.82 Å². The summed E-state index contributed by atoms with van der Waals surface area (Å²) in [7, 11) is 0. The smallest absolute Gasteiger partial charge is 0.157 e. The van der Waals surface area contributed by atoms with E-state index in [1.807, 2.05) is 74.6 Å². The van der Waals surface area contributed by atoms with Crippen LogP contribution >= 0.6 is 13.5 Å². The minimum absolute atomic E-state index is 0. The third kappa shape index (κ3) is 7.66. The molecule has 6 nitrogen and oxygen atoms in total. The molecule has 0 spiro atoms. The number of nitrogens with one attached hydrogen (secondary N) is 1. The van der Waals surface area contributed by atoms with Gasteiger partial charge in [0.1, 0.15) is 5.69 Å². The highest BCUT2D eigenvalue weighted by Crippen LogP contribution is 2.18. The second kappa shape index (κ2) is 12.3. The van der Waals surface area contributed by atoms with Crippen LogP contribution in [-0.4, -0.2) is 19.9 Å². The molecule has 0 aliphatic carbocycles. The Bertz CT molecular complexity index is 1230. The predicted octanol–water partition coefficient (Wildman–Crippen LogP) is 5.60. The average Bonchev–Trinajstić information content (AvgIpc) is 3.21. The lowest BCUT2D eigenvalue weighted by Gasteiger charge is -1.96. The molecule has 3 aromatic heterocycles. The van der Waals surface area contributed by atoms with Crippen molar-refractivity contribution in [2.75, 3.05) is 11.5 Å². The Morgan fingerprint density at radius 3 is 1.79 bits per heavy atom. The number of aromatic nitrogens is 4. The second-order valence-electron chi connectivity index (χ2n) is 7.42. The summed E-state index contributed by atoms with van der Waals surface area (Å²) in [5, 5.41) is 0. The first-order chi connectivity index (χ1) is 15.4. The number of imidazole rings is 1. The molecule has 0 aliphatic rings. The van der Waals surface area contributed by atoms with Crippen LogP contribution in [0, 0.1) is 20.8 Å². The highest BCUT2D eigenvalue weighted by Gasteiger charge is 2.05. The lowest BCUT2D eigenvalue weighted by atomic mass is 10.2. The normalized spacial score (nSPS) is 9.67. The van der Waals surface area contributed by atoms with Crippen molar-refractivity contribution in [3.63, 3.8) is 0 Å². The van der Waals surface area contributed by atoms with Crippen LogP contribution in [0.25, 0.3) is 22.6 Å². The maximum Gasteiger partial charge on any atom is 0.157 e. The molecular formula is C26H30N6S. The highest BCUT2D eigenvalue weighted by molar-refractivity contribution is 7.59. The van der Waals surface area contributed by atoms with Crippen LogP contribution in [0.2, 0.25) is 0 Å². The van der Waals surface area contributed by atoms with Crippen molar-refractivity contribution in [3.05, 3.63) is 102 Å². The fourth-order valence-corrected chi connectivity index (χ4v) is 2.94. The van der Waals surface area contributed by atoms with Crippen molar-refractivity contribution in [2.24, 2.45) is 0 Å². The van der Waals surface area contributed by atoms with Crippen molar-refractivity contribution in [2.45, 2.75) is 20.8 Å². The van der Waals surface area contributed by atoms with Crippen LogP contribution in [0.3, 0.4) is 0 Å². The molecule has 0 amide bonds. The van der Waals surface area contributed by atoms with E-state index in [1.165, 1.54) is 11.1 Å². The van der Waals surface area contributed by atoms with Gasteiger partial charge in [-0.05, 0) is 80.4 Å². The molecule has 0 aliphatic heterocycles. The monoisotopic (exact) mass is 458 g/mol. The number of hydrogen-bond donors (Lipinski definition) is 3. The fourth-order valence-electron chi connectivity index (χ4n) is 2.94. The number of pyridine rings is 2. The quantitative estimate of drug-likeness (QED) is 0.284. The van der Waals surface area contributed by atoms with E-state index in [2.05, 4.69) is 32.9 Å². The molecule has 170 valence electrons. The topological polar surface area (TPSA) is 106 Å². The van der Waals surface area contributed by atoms with E-state index in [4.69, 9.17) is 11.5 Å². The van der Waals surface area contributed by atoms with Gasteiger partial charge >= 0.3 is 0 Å². The number of nitrogen functional groups attached to an aromatic ring is 2. The first-order valence-corrected chi connectivity index (χ1v) is 10.3. The Balaban J connectivity index is 0.000000193. The zero-order chi connectivity index (χ0) is 22.9. The molecule has 3 heterocycles. The number of benzene rings is 2. The minimum Gasteiger partial charge on any atom is -0.397 e. The van der Waals surface area contributed by atoms with Crippen molar-refractivity contribution in [1.82, 2.24) is 19.9 Å². The predicted molar refractivity (Wildman–Crippen MR) is 143 cm³/mol. The molecular weight excluding hydrogens is 428 g/mol. The van der Waals surface area contributed by atoms with Gasteiger partial charge in [0.05, 0.1) is 22.4 Å². The molecule has 0 radical (unpaired) electrons. The summed E-state index contributed by atoms with van der Waals surface area (Å²) in [6.07, 6.45) is 3.63. The van der Waals surface area contributed by atoms with E-state index in [9.17, 15) is 0 Å². The molecule has 33 heavy (non-hydrogen) atoms.